The molecule has 2 nitrogen and oxygen atoms in total. The minimum atomic E-state index is 0.361. The van der Waals surface area contributed by atoms with Gasteiger partial charge in [-0.2, -0.15) is 0 Å². The van der Waals surface area contributed by atoms with Crippen molar-refractivity contribution in [2.24, 2.45) is 0 Å². The third-order valence-corrected chi connectivity index (χ3v) is 2.54. The molecule has 15 heavy (non-hydrogen) atoms. The molecule has 0 aliphatic carbocycles. The third kappa shape index (κ3) is 2.70. The van der Waals surface area contributed by atoms with E-state index in [-0.39, 0.29) is 0 Å². The van der Waals surface area contributed by atoms with Crippen molar-refractivity contribution in [2.45, 2.75) is 19.5 Å². The molecule has 1 aromatic carbocycles. The van der Waals surface area contributed by atoms with Gasteiger partial charge in [-0.25, -0.2) is 0 Å². The fourth-order valence-electron chi connectivity index (χ4n) is 1.59. The first-order valence-electron chi connectivity index (χ1n) is 5.27. The van der Waals surface area contributed by atoms with E-state index in [1.165, 1.54) is 11.3 Å². The minimum Gasteiger partial charge on any atom is -0.364 e. The van der Waals surface area contributed by atoms with Gasteiger partial charge in [0.15, 0.2) is 0 Å². The zero-order valence-electron chi connectivity index (χ0n) is 8.90. The van der Waals surface area contributed by atoms with Crippen LogP contribution in [0.15, 0.2) is 48.7 Å². The van der Waals surface area contributed by atoms with Crippen molar-refractivity contribution in [3.05, 3.63) is 59.9 Å². The van der Waals surface area contributed by atoms with Crippen molar-refractivity contribution < 1.29 is 0 Å². The summed E-state index contributed by atoms with van der Waals surface area (Å²) in [6.07, 6.45) is 1.95. The van der Waals surface area contributed by atoms with Crippen LogP contribution in [0.1, 0.15) is 24.2 Å². The van der Waals surface area contributed by atoms with Crippen LogP contribution in [0, 0.1) is 0 Å². The fraction of sp³-hybridized carbons (Fsp3) is 0.231. The maximum absolute atomic E-state index is 3.47. The van der Waals surface area contributed by atoms with Crippen LogP contribution in [0.5, 0.6) is 0 Å². The number of aromatic amines is 1. The van der Waals surface area contributed by atoms with E-state index in [1.807, 2.05) is 18.3 Å². The van der Waals surface area contributed by atoms with Crippen molar-refractivity contribution in [3.8, 4) is 0 Å². The van der Waals surface area contributed by atoms with E-state index >= 15 is 0 Å². The summed E-state index contributed by atoms with van der Waals surface area (Å²) in [5, 5.41) is 3.47. The van der Waals surface area contributed by atoms with Crippen molar-refractivity contribution in [2.75, 3.05) is 0 Å². The standard InChI is InChI=1S/C13H16N2/c1-11(13-8-5-9-14-13)15-10-12-6-3-2-4-7-12/h2-9,11,14-15H,10H2,1H3. The van der Waals surface area contributed by atoms with Gasteiger partial charge in [-0.05, 0) is 24.6 Å². The van der Waals surface area contributed by atoms with Gasteiger partial charge in [0.1, 0.15) is 0 Å². The molecule has 0 spiro atoms. The molecule has 0 bridgehead atoms. The van der Waals surface area contributed by atoms with Gasteiger partial charge in [-0.15, -0.1) is 0 Å². The van der Waals surface area contributed by atoms with E-state index < -0.39 is 0 Å². The van der Waals surface area contributed by atoms with Gasteiger partial charge in [0.2, 0.25) is 0 Å². The summed E-state index contributed by atoms with van der Waals surface area (Å²) in [6.45, 7) is 3.07. The fourth-order valence-corrected chi connectivity index (χ4v) is 1.59. The van der Waals surface area contributed by atoms with Gasteiger partial charge >= 0.3 is 0 Å². The molecular formula is C13H16N2. The predicted octanol–water partition coefficient (Wildman–Crippen LogP) is 2.87. The number of hydrogen-bond donors (Lipinski definition) is 2. The molecule has 2 heteroatoms. The highest BCUT2D eigenvalue weighted by molar-refractivity contribution is 5.15. The smallest absolute Gasteiger partial charge is 0.0446 e. The summed E-state index contributed by atoms with van der Waals surface area (Å²) in [4.78, 5) is 3.21. The number of hydrogen-bond acceptors (Lipinski definition) is 1. The van der Waals surface area contributed by atoms with Gasteiger partial charge in [-0.1, -0.05) is 30.3 Å². The lowest BCUT2D eigenvalue weighted by Gasteiger charge is -2.12. The average Bonchev–Trinajstić information content (AvgIpc) is 2.81. The van der Waals surface area contributed by atoms with E-state index in [9.17, 15) is 0 Å². The second-order valence-electron chi connectivity index (χ2n) is 3.71. The lowest BCUT2D eigenvalue weighted by molar-refractivity contribution is 0.564. The molecule has 2 N–H and O–H groups in total. The summed E-state index contributed by atoms with van der Waals surface area (Å²) in [6, 6.07) is 14.9. The third-order valence-electron chi connectivity index (χ3n) is 2.54. The van der Waals surface area contributed by atoms with Crippen LogP contribution in [-0.4, -0.2) is 4.98 Å². The summed E-state index contributed by atoms with van der Waals surface area (Å²) < 4.78 is 0. The van der Waals surface area contributed by atoms with Crippen molar-refractivity contribution in [3.63, 3.8) is 0 Å². The molecule has 2 rings (SSSR count). The molecule has 0 fully saturated rings. The van der Waals surface area contributed by atoms with Crippen molar-refractivity contribution in [1.82, 2.24) is 10.3 Å². The Kier molecular flexibility index (Phi) is 3.20. The maximum Gasteiger partial charge on any atom is 0.0446 e. The number of rotatable bonds is 4. The van der Waals surface area contributed by atoms with Crippen LogP contribution >= 0.6 is 0 Å². The molecule has 0 radical (unpaired) electrons. The van der Waals surface area contributed by atoms with Gasteiger partial charge in [0.05, 0.1) is 0 Å². The Morgan fingerprint density at radius 1 is 1.13 bits per heavy atom. The molecule has 1 atom stereocenters. The monoisotopic (exact) mass is 200 g/mol. The Morgan fingerprint density at radius 2 is 1.93 bits per heavy atom. The Labute approximate surface area is 90.3 Å². The number of benzene rings is 1. The second kappa shape index (κ2) is 4.80. The summed E-state index contributed by atoms with van der Waals surface area (Å²) in [7, 11) is 0. The van der Waals surface area contributed by atoms with Crippen LogP contribution in [0.2, 0.25) is 0 Å². The highest BCUT2D eigenvalue weighted by Gasteiger charge is 2.04. The number of nitrogens with one attached hydrogen (secondary N) is 2. The zero-order chi connectivity index (χ0) is 10.5. The summed E-state index contributed by atoms with van der Waals surface area (Å²) >= 11 is 0. The molecule has 0 aliphatic rings. The van der Waals surface area contributed by atoms with Crippen molar-refractivity contribution in [1.29, 1.82) is 0 Å². The molecule has 0 saturated carbocycles. The van der Waals surface area contributed by atoms with Crippen LogP contribution in [0.3, 0.4) is 0 Å². The highest BCUT2D eigenvalue weighted by Crippen LogP contribution is 2.09. The zero-order valence-corrected chi connectivity index (χ0v) is 8.90. The van der Waals surface area contributed by atoms with E-state index in [4.69, 9.17) is 0 Å². The molecule has 78 valence electrons. The second-order valence-corrected chi connectivity index (χ2v) is 3.71. The topological polar surface area (TPSA) is 27.8 Å². The van der Waals surface area contributed by atoms with E-state index in [0.29, 0.717) is 6.04 Å². The molecule has 1 heterocycles. The lowest BCUT2D eigenvalue weighted by Crippen LogP contribution is -2.18. The Bertz CT molecular complexity index is 378. The van der Waals surface area contributed by atoms with E-state index in [2.05, 4.69) is 47.6 Å². The van der Waals surface area contributed by atoms with Crippen LogP contribution in [-0.2, 0) is 6.54 Å². The molecule has 1 aromatic heterocycles. The lowest BCUT2D eigenvalue weighted by atomic mass is 10.2. The van der Waals surface area contributed by atoms with Gasteiger partial charge in [-0.3, -0.25) is 0 Å². The Morgan fingerprint density at radius 3 is 2.60 bits per heavy atom. The van der Waals surface area contributed by atoms with Gasteiger partial charge < -0.3 is 10.3 Å². The Balaban J connectivity index is 1.89. The molecule has 0 saturated heterocycles. The first kappa shape index (κ1) is 9.99. The first-order chi connectivity index (χ1) is 7.36. The van der Waals surface area contributed by atoms with E-state index in [1.54, 1.807) is 0 Å². The summed E-state index contributed by atoms with van der Waals surface area (Å²) in [5.74, 6) is 0. The Hall–Kier alpha value is -1.54. The predicted molar refractivity (Wildman–Crippen MR) is 62.5 cm³/mol. The largest absolute Gasteiger partial charge is 0.364 e. The van der Waals surface area contributed by atoms with Gasteiger partial charge in [0, 0.05) is 24.5 Å². The summed E-state index contributed by atoms with van der Waals surface area (Å²) in [5.41, 5.74) is 2.54. The van der Waals surface area contributed by atoms with Crippen LogP contribution in [0.25, 0.3) is 0 Å². The number of aromatic nitrogens is 1. The molecular weight excluding hydrogens is 184 g/mol. The quantitative estimate of drug-likeness (QED) is 0.780. The number of H-pyrrole nitrogens is 1. The average molecular weight is 200 g/mol. The molecule has 1 unspecified atom stereocenters. The normalized spacial score (nSPS) is 12.6. The van der Waals surface area contributed by atoms with Crippen molar-refractivity contribution >= 4 is 0 Å². The molecule has 0 aliphatic heterocycles. The molecule has 2 aromatic rings. The maximum atomic E-state index is 3.47. The SMILES string of the molecule is CC(NCc1ccccc1)c1ccc[nH]1. The van der Waals surface area contributed by atoms with Gasteiger partial charge in [0.25, 0.3) is 0 Å². The van der Waals surface area contributed by atoms with Crippen LogP contribution in [0.4, 0.5) is 0 Å². The van der Waals surface area contributed by atoms with E-state index in [0.717, 1.165) is 6.54 Å². The minimum absolute atomic E-state index is 0.361. The highest BCUT2D eigenvalue weighted by atomic mass is 14.9. The molecule has 0 amide bonds. The first-order valence-corrected chi connectivity index (χ1v) is 5.27. The van der Waals surface area contributed by atoms with Crippen LogP contribution < -0.4 is 5.32 Å².